The second-order valence-corrected chi connectivity index (χ2v) is 10.6. The first-order valence-corrected chi connectivity index (χ1v) is 11.9. The molecule has 0 heterocycles. The summed E-state index contributed by atoms with van der Waals surface area (Å²) in [5.74, 6) is 0. The van der Waals surface area contributed by atoms with Crippen molar-refractivity contribution in [1.82, 2.24) is 0 Å². The van der Waals surface area contributed by atoms with Gasteiger partial charge in [-0.15, -0.1) is 0 Å². The van der Waals surface area contributed by atoms with Gasteiger partial charge < -0.3 is 5.11 Å². The summed E-state index contributed by atoms with van der Waals surface area (Å²) < 4.78 is 0. The summed E-state index contributed by atoms with van der Waals surface area (Å²) >= 11 is 0. The van der Waals surface area contributed by atoms with Crippen molar-refractivity contribution in [3.8, 4) is 0 Å². The van der Waals surface area contributed by atoms with Gasteiger partial charge in [0.15, 0.2) is 8.07 Å². The lowest BCUT2D eigenvalue weighted by molar-refractivity contribution is 0.161. The topological polar surface area (TPSA) is 20.2 Å². The molecule has 3 aromatic rings. The zero-order valence-corrected chi connectivity index (χ0v) is 17.0. The molecule has 2 heteroatoms. The maximum atomic E-state index is 9.92. The highest BCUT2D eigenvalue weighted by Gasteiger charge is 2.36. The monoisotopic (exact) mass is 372 g/mol. The third-order valence-corrected chi connectivity index (χ3v) is 9.66. The number of benzene rings is 3. The fourth-order valence-electron chi connectivity index (χ4n) is 3.64. The Kier molecular flexibility index (Phi) is 6.80. The lowest BCUT2D eigenvalue weighted by Gasteiger charge is -2.30. The van der Waals surface area contributed by atoms with E-state index in [0.717, 1.165) is 19.3 Å². The maximum absolute atomic E-state index is 9.92. The highest BCUT2D eigenvalue weighted by atomic mass is 28.3. The molecule has 3 rings (SSSR count). The van der Waals surface area contributed by atoms with E-state index in [-0.39, 0.29) is 6.10 Å². The first-order valence-electron chi connectivity index (χ1n) is 9.79. The molecule has 0 aliphatic heterocycles. The minimum atomic E-state index is -2.27. The van der Waals surface area contributed by atoms with Crippen LogP contribution in [0.2, 0.25) is 0 Å². The molecule has 0 fully saturated rings. The minimum absolute atomic E-state index is 0.212. The van der Waals surface area contributed by atoms with Gasteiger partial charge in [0, 0.05) is 0 Å². The average Bonchev–Trinajstić information content (AvgIpc) is 2.75. The van der Waals surface area contributed by atoms with Gasteiger partial charge in [0.25, 0.3) is 0 Å². The van der Waals surface area contributed by atoms with Crippen LogP contribution in [0.5, 0.6) is 0 Å². The molecule has 0 saturated heterocycles. The van der Waals surface area contributed by atoms with E-state index in [1.54, 1.807) is 0 Å². The number of hydrogen-bond donors (Lipinski definition) is 1. The summed E-state index contributed by atoms with van der Waals surface area (Å²) in [5.41, 5.74) is 2.45. The Morgan fingerprint density at radius 2 is 1.15 bits per heavy atom. The van der Waals surface area contributed by atoms with E-state index < -0.39 is 8.07 Å². The molecule has 27 heavy (non-hydrogen) atoms. The maximum Gasteiger partial charge on any atom is 0.172 e. The molecule has 0 aliphatic rings. The van der Waals surface area contributed by atoms with Crippen LogP contribution in [-0.4, -0.2) is 19.3 Å². The lowest BCUT2D eigenvalue weighted by Crippen LogP contribution is -2.66. The molecule has 138 valence electrons. The number of aliphatic hydroxyl groups is 1. The molecule has 1 nitrogen and oxygen atoms in total. The van der Waals surface area contributed by atoms with Crippen molar-refractivity contribution in [2.75, 3.05) is 0 Å². The van der Waals surface area contributed by atoms with Crippen molar-refractivity contribution >= 4 is 23.6 Å². The van der Waals surface area contributed by atoms with Crippen LogP contribution >= 0.6 is 0 Å². The van der Waals surface area contributed by atoms with Crippen molar-refractivity contribution in [3.05, 3.63) is 103 Å². The number of rotatable bonds is 8. The zero-order chi connectivity index (χ0) is 19.0. The second kappa shape index (κ2) is 9.49. The summed E-state index contributed by atoms with van der Waals surface area (Å²) in [4.78, 5) is 0. The van der Waals surface area contributed by atoms with Crippen molar-refractivity contribution < 1.29 is 5.11 Å². The van der Waals surface area contributed by atoms with E-state index in [4.69, 9.17) is 0 Å². The normalized spacial score (nSPS) is 13.0. The third kappa shape index (κ3) is 4.47. The molecule has 0 aromatic heterocycles. The van der Waals surface area contributed by atoms with E-state index in [1.165, 1.54) is 15.6 Å². The SMILES string of the molecule is CCC(O)CC/C=C\[Si](c1ccccc1)(c1ccccc1)c1ccccc1. The van der Waals surface area contributed by atoms with Gasteiger partial charge in [-0.05, 0) is 34.8 Å². The molecule has 0 spiro atoms. The Bertz CT molecular complexity index is 731. The van der Waals surface area contributed by atoms with Gasteiger partial charge in [-0.1, -0.05) is 110 Å². The smallest absolute Gasteiger partial charge is 0.172 e. The lowest BCUT2D eigenvalue weighted by atomic mass is 10.1. The van der Waals surface area contributed by atoms with E-state index in [1.807, 2.05) is 6.92 Å². The quantitative estimate of drug-likeness (QED) is 0.471. The fraction of sp³-hybridized carbons (Fsp3) is 0.200. The number of allylic oxidation sites excluding steroid dienone is 1. The third-order valence-electron chi connectivity index (χ3n) is 5.19. The highest BCUT2D eigenvalue weighted by Crippen LogP contribution is 2.11. The molecule has 0 bridgehead atoms. The largest absolute Gasteiger partial charge is 0.393 e. The van der Waals surface area contributed by atoms with E-state index in [0.29, 0.717) is 0 Å². The highest BCUT2D eigenvalue weighted by molar-refractivity contribution is 7.14. The van der Waals surface area contributed by atoms with Crippen LogP contribution in [0, 0.1) is 0 Å². The minimum Gasteiger partial charge on any atom is -0.393 e. The number of aliphatic hydroxyl groups excluding tert-OH is 1. The first-order chi connectivity index (χ1) is 13.3. The van der Waals surface area contributed by atoms with Crippen LogP contribution in [-0.2, 0) is 0 Å². The van der Waals surface area contributed by atoms with Crippen molar-refractivity contribution in [2.45, 2.75) is 32.3 Å². The van der Waals surface area contributed by atoms with Gasteiger partial charge >= 0.3 is 0 Å². The van der Waals surface area contributed by atoms with E-state index in [9.17, 15) is 5.11 Å². The molecular formula is C25H28OSi. The molecular weight excluding hydrogens is 344 g/mol. The average molecular weight is 373 g/mol. The first kappa shape index (κ1) is 19.3. The summed E-state index contributed by atoms with van der Waals surface area (Å²) in [6, 6.07) is 32.6. The van der Waals surface area contributed by atoms with Crippen LogP contribution in [0.25, 0.3) is 0 Å². The Labute approximate surface area is 164 Å². The summed E-state index contributed by atoms with van der Waals surface area (Å²) in [5, 5.41) is 14.1. The molecule has 1 N–H and O–H groups in total. The summed E-state index contributed by atoms with van der Waals surface area (Å²) in [7, 11) is -2.27. The van der Waals surface area contributed by atoms with Gasteiger partial charge in [-0.3, -0.25) is 0 Å². The van der Waals surface area contributed by atoms with Crippen LogP contribution in [0.4, 0.5) is 0 Å². The van der Waals surface area contributed by atoms with E-state index in [2.05, 4.69) is 103 Å². The van der Waals surface area contributed by atoms with Crippen molar-refractivity contribution in [1.29, 1.82) is 0 Å². The fourth-order valence-corrected chi connectivity index (χ4v) is 7.90. The number of hydrogen-bond acceptors (Lipinski definition) is 1. The standard InChI is InChI=1S/C25H28OSi/c1-2-22(26)14-12-13-21-27(23-15-6-3-7-16-23,24-17-8-4-9-18-24)25-19-10-5-11-20-25/h3-11,13,15-22,26H,2,12,14H2,1H3/b21-13-. The van der Waals surface area contributed by atoms with E-state index >= 15 is 0 Å². The van der Waals surface area contributed by atoms with Gasteiger partial charge in [-0.2, -0.15) is 0 Å². The predicted octanol–water partition coefficient (Wildman–Crippen LogP) is 3.80. The Morgan fingerprint density at radius 3 is 1.52 bits per heavy atom. The molecule has 1 unspecified atom stereocenters. The Balaban J connectivity index is 2.13. The molecule has 0 amide bonds. The molecule has 0 aliphatic carbocycles. The zero-order valence-electron chi connectivity index (χ0n) is 16.0. The van der Waals surface area contributed by atoms with Crippen molar-refractivity contribution in [2.24, 2.45) is 0 Å². The Morgan fingerprint density at radius 1 is 0.741 bits per heavy atom. The van der Waals surface area contributed by atoms with Crippen LogP contribution < -0.4 is 15.6 Å². The molecule has 0 radical (unpaired) electrons. The molecule has 1 atom stereocenters. The second-order valence-electron chi connectivity index (χ2n) is 6.95. The van der Waals surface area contributed by atoms with Crippen LogP contribution in [0.15, 0.2) is 103 Å². The summed E-state index contributed by atoms with van der Waals surface area (Å²) in [6.45, 7) is 2.03. The van der Waals surface area contributed by atoms with Crippen LogP contribution in [0.3, 0.4) is 0 Å². The van der Waals surface area contributed by atoms with Gasteiger partial charge in [0.2, 0.25) is 0 Å². The van der Waals surface area contributed by atoms with Crippen molar-refractivity contribution in [3.63, 3.8) is 0 Å². The van der Waals surface area contributed by atoms with Gasteiger partial charge in [0.05, 0.1) is 6.10 Å². The van der Waals surface area contributed by atoms with Crippen LogP contribution in [0.1, 0.15) is 26.2 Å². The Hall–Kier alpha value is -2.42. The molecule has 0 saturated carbocycles. The predicted molar refractivity (Wildman–Crippen MR) is 119 cm³/mol. The summed E-state index contributed by atoms with van der Waals surface area (Å²) in [6.07, 6.45) is 4.60. The van der Waals surface area contributed by atoms with Gasteiger partial charge in [-0.25, -0.2) is 0 Å². The molecule has 3 aromatic carbocycles. The van der Waals surface area contributed by atoms with Gasteiger partial charge in [0.1, 0.15) is 0 Å².